The summed E-state index contributed by atoms with van der Waals surface area (Å²) in [5.74, 6) is 0.663. The molecule has 0 bridgehead atoms. The molecule has 3 rings (SSSR count). The summed E-state index contributed by atoms with van der Waals surface area (Å²) in [6, 6.07) is 9.82. The van der Waals surface area contributed by atoms with E-state index in [1.54, 1.807) is 6.20 Å². The van der Waals surface area contributed by atoms with Crippen molar-refractivity contribution in [3.8, 4) is 0 Å². The number of aromatic nitrogens is 1. The van der Waals surface area contributed by atoms with Crippen LogP contribution in [0.2, 0.25) is 0 Å². The Kier molecular flexibility index (Phi) is 4.36. The minimum atomic E-state index is 0.0253. The Hall–Kier alpha value is -1.65. The highest BCUT2D eigenvalue weighted by atomic mass is 35.5. The van der Waals surface area contributed by atoms with Gasteiger partial charge in [0.05, 0.1) is 0 Å². The largest absolute Gasteiger partial charge is 0.335 e. The second-order valence-electron chi connectivity index (χ2n) is 5.20. The highest BCUT2D eigenvalue weighted by Crippen LogP contribution is 2.18. The van der Waals surface area contributed by atoms with Crippen LogP contribution in [0.1, 0.15) is 10.5 Å². The summed E-state index contributed by atoms with van der Waals surface area (Å²) in [6.45, 7) is 4.11. The van der Waals surface area contributed by atoms with Crippen molar-refractivity contribution in [2.24, 2.45) is 0 Å². The van der Waals surface area contributed by atoms with Gasteiger partial charge < -0.3 is 4.90 Å². The molecule has 0 radical (unpaired) electrons. The van der Waals surface area contributed by atoms with Crippen LogP contribution in [-0.4, -0.2) is 59.3 Å². The standard InChI is InChI=1S/C16H18ClN3O/c17-6-8-19-9-11-20(12-10-19)16(21)15-14-4-2-1-3-13(14)5-7-18-15/h1-5,7H,6,8-12H2. The molecule has 0 unspecified atom stereocenters. The summed E-state index contributed by atoms with van der Waals surface area (Å²) in [7, 11) is 0. The third kappa shape index (κ3) is 3.01. The van der Waals surface area contributed by atoms with Crippen LogP contribution in [-0.2, 0) is 0 Å². The van der Waals surface area contributed by atoms with Gasteiger partial charge in [-0.15, -0.1) is 11.6 Å². The number of amides is 1. The number of hydrogen-bond acceptors (Lipinski definition) is 3. The van der Waals surface area contributed by atoms with Crippen molar-refractivity contribution < 1.29 is 4.79 Å². The normalized spacial score (nSPS) is 16.3. The highest BCUT2D eigenvalue weighted by molar-refractivity contribution is 6.18. The zero-order valence-corrected chi connectivity index (χ0v) is 12.6. The molecule has 1 aromatic heterocycles. The summed E-state index contributed by atoms with van der Waals surface area (Å²) in [5, 5.41) is 1.98. The lowest BCUT2D eigenvalue weighted by atomic mass is 10.1. The predicted molar refractivity (Wildman–Crippen MR) is 84.8 cm³/mol. The van der Waals surface area contributed by atoms with Crippen LogP contribution in [0, 0.1) is 0 Å². The topological polar surface area (TPSA) is 36.4 Å². The molecule has 1 aliphatic rings. The quantitative estimate of drug-likeness (QED) is 0.816. The van der Waals surface area contributed by atoms with E-state index < -0.39 is 0 Å². The Balaban J connectivity index is 1.79. The summed E-state index contributed by atoms with van der Waals surface area (Å²) in [4.78, 5) is 21.2. The van der Waals surface area contributed by atoms with Crippen molar-refractivity contribution in [1.82, 2.24) is 14.8 Å². The van der Waals surface area contributed by atoms with E-state index in [4.69, 9.17) is 11.6 Å². The number of carbonyl (C=O) groups excluding carboxylic acids is 1. The molecule has 1 aliphatic heterocycles. The zero-order valence-electron chi connectivity index (χ0n) is 11.8. The molecule has 1 aromatic carbocycles. The van der Waals surface area contributed by atoms with Crippen molar-refractivity contribution in [3.05, 3.63) is 42.2 Å². The molecule has 0 saturated carbocycles. The minimum absolute atomic E-state index is 0.0253. The van der Waals surface area contributed by atoms with Crippen LogP contribution in [0.4, 0.5) is 0 Å². The van der Waals surface area contributed by atoms with Gasteiger partial charge in [-0.05, 0) is 11.5 Å². The van der Waals surface area contributed by atoms with E-state index in [0.29, 0.717) is 11.6 Å². The van der Waals surface area contributed by atoms with Crippen molar-refractivity contribution in [2.45, 2.75) is 0 Å². The number of halogens is 1. The van der Waals surface area contributed by atoms with Gasteiger partial charge in [0.25, 0.3) is 5.91 Å². The molecular formula is C16H18ClN3O. The van der Waals surface area contributed by atoms with Gasteiger partial charge in [0, 0.05) is 50.2 Å². The molecule has 0 aliphatic carbocycles. The Morgan fingerprint density at radius 1 is 1.14 bits per heavy atom. The Labute approximate surface area is 129 Å². The number of piperazine rings is 1. The first-order valence-electron chi connectivity index (χ1n) is 7.21. The first-order chi connectivity index (χ1) is 10.3. The molecule has 2 aromatic rings. The zero-order chi connectivity index (χ0) is 14.7. The summed E-state index contributed by atoms with van der Waals surface area (Å²) in [6.07, 6.45) is 1.71. The molecular weight excluding hydrogens is 286 g/mol. The number of rotatable bonds is 3. The number of alkyl halides is 1. The first kappa shape index (κ1) is 14.3. The molecule has 1 amide bonds. The predicted octanol–water partition coefficient (Wildman–Crippen LogP) is 2.23. The Morgan fingerprint density at radius 3 is 2.67 bits per heavy atom. The van der Waals surface area contributed by atoms with Gasteiger partial charge in [-0.3, -0.25) is 14.7 Å². The van der Waals surface area contributed by atoms with Crippen LogP contribution in [0.3, 0.4) is 0 Å². The van der Waals surface area contributed by atoms with Crippen molar-refractivity contribution in [2.75, 3.05) is 38.6 Å². The lowest BCUT2D eigenvalue weighted by Crippen LogP contribution is -2.49. The molecule has 5 heteroatoms. The van der Waals surface area contributed by atoms with E-state index in [2.05, 4.69) is 9.88 Å². The maximum Gasteiger partial charge on any atom is 0.273 e. The SMILES string of the molecule is O=C(c1nccc2ccccc12)N1CCN(CCCl)CC1. The second-order valence-corrected chi connectivity index (χ2v) is 5.58. The van der Waals surface area contributed by atoms with Gasteiger partial charge >= 0.3 is 0 Å². The molecule has 1 saturated heterocycles. The number of hydrogen-bond donors (Lipinski definition) is 0. The van der Waals surface area contributed by atoms with Gasteiger partial charge in [0.1, 0.15) is 5.69 Å². The third-order valence-electron chi connectivity index (χ3n) is 3.94. The van der Waals surface area contributed by atoms with Gasteiger partial charge in [0.2, 0.25) is 0 Å². The average Bonchev–Trinajstić information content (AvgIpc) is 2.55. The number of benzene rings is 1. The van der Waals surface area contributed by atoms with Gasteiger partial charge in [-0.1, -0.05) is 24.3 Å². The van der Waals surface area contributed by atoms with E-state index in [9.17, 15) is 4.79 Å². The van der Waals surface area contributed by atoms with Crippen molar-refractivity contribution in [1.29, 1.82) is 0 Å². The van der Waals surface area contributed by atoms with Crippen molar-refractivity contribution >= 4 is 28.3 Å². The van der Waals surface area contributed by atoms with E-state index in [-0.39, 0.29) is 5.91 Å². The maximum atomic E-state index is 12.7. The molecule has 1 fully saturated rings. The number of carbonyl (C=O) groups is 1. The number of fused-ring (bicyclic) bond motifs is 1. The fraction of sp³-hybridized carbons (Fsp3) is 0.375. The minimum Gasteiger partial charge on any atom is -0.335 e. The van der Waals surface area contributed by atoms with Crippen LogP contribution >= 0.6 is 11.6 Å². The van der Waals surface area contributed by atoms with Crippen LogP contribution < -0.4 is 0 Å². The molecule has 0 N–H and O–H groups in total. The molecule has 0 spiro atoms. The average molecular weight is 304 g/mol. The fourth-order valence-corrected chi connectivity index (χ4v) is 2.97. The first-order valence-corrected chi connectivity index (χ1v) is 7.74. The molecule has 2 heterocycles. The van der Waals surface area contributed by atoms with E-state index in [1.807, 2.05) is 35.2 Å². The Morgan fingerprint density at radius 2 is 1.90 bits per heavy atom. The van der Waals surface area contributed by atoms with Gasteiger partial charge in [0.15, 0.2) is 0 Å². The van der Waals surface area contributed by atoms with E-state index in [1.165, 1.54) is 0 Å². The number of nitrogens with zero attached hydrogens (tertiary/aromatic N) is 3. The van der Waals surface area contributed by atoms with Crippen LogP contribution in [0.25, 0.3) is 10.8 Å². The molecule has 4 nitrogen and oxygen atoms in total. The third-order valence-corrected chi connectivity index (χ3v) is 4.11. The summed E-state index contributed by atoms with van der Waals surface area (Å²) < 4.78 is 0. The van der Waals surface area contributed by atoms with E-state index in [0.717, 1.165) is 43.5 Å². The maximum absolute atomic E-state index is 12.7. The summed E-state index contributed by atoms with van der Waals surface area (Å²) in [5.41, 5.74) is 0.555. The highest BCUT2D eigenvalue weighted by Gasteiger charge is 2.23. The lowest BCUT2D eigenvalue weighted by molar-refractivity contribution is 0.0640. The monoisotopic (exact) mass is 303 g/mol. The second kappa shape index (κ2) is 6.41. The smallest absolute Gasteiger partial charge is 0.273 e. The number of pyridine rings is 1. The van der Waals surface area contributed by atoms with Crippen LogP contribution in [0.15, 0.2) is 36.5 Å². The van der Waals surface area contributed by atoms with Crippen LogP contribution in [0.5, 0.6) is 0 Å². The Bertz CT molecular complexity index is 633. The summed E-state index contributed by atoms with van der Waals surface area (Å²) >= 11 is 5.76. The molecule has 21 heavy (non-hydrogen) atoms. The fourth-order valence-electron chi connectivity index (χ4n) is 2.73. The van der Waals surface area contributed by atoms with Gasteiger partial charge in [-0.25, -0.2) is 0 Å². The van der Waals surface area contributed by atoms with E-state index >= 15 is 0 Å². The molecule has 110 valence electrons. The lowest BCUT2D eigenvalue weighted by Gasteiger charge is -2.34. The molecule has 0 atom stereocenters. The van der Waals surface area contributed by atoms with Crippen molar-refractivity contribution in [3.63, 3.8) is 0 Å². The van der Waals surface area contributed by atoms with Gasteiger partial charge in [-0.2, -0.15) is 0 Å².